The van der Waals surface area contributed by atoms with Gasteiger partial charge >= 0.3 is 12.0 Å². The number of hydrogen-bond donors (Lipinski definition) is 3. The van der Waals surface area contributed by atoms with Crippen LogP contribution >= 0.6 is 0 Å². The zero-order valence-corrected chi connectivity index (χ0v) is 13.0. The third-order valence-corrected chi connectivity index (χ3v) is 3.15. The molecule has 3 N–H and O–H groups in total. The minimum atomic E-state index is -0.929. The molecule has 0 bridgehead atoms. The van der Waals surface area contributed by atoms with Gasteiger partial charge in [0.15, 0.2) is 0 Å². The fourth-order valence-corrected chi connectivity index (χ4v) is 1.93. The molecule has 0 fully saturated rings. The summed E-state index contributed by atoms with van der Waals surface area (Å²) in [7, 11) is 0. The molecular formula is C14H24N4O3. The van der Waals surface area contributed by atoms with Gasteiger partial charge in [0.05, 0.1) is 12.7 Å². The number of nitrogens with one attached hydrogen (secondary N) is 2. The second kappa shape index (κ2) is 7.10. The van der Waals surface area contributed by atoms with E-state index in [0.717, 1.165) is 0 Å². The van der Waals surface area contributed by atoms with Crippen molar-refractivity contribution < 1.29 is 14.7 Å². The maximum Gasteiger partial charge on any atom is 0.315 e. The van der Waals surface area contributed by atoms with Crippen LogP contribution < -0.4 is 10.6 Å². The summed E-state index contributed by atoms with van der Waals surface area (Å²) < 4.78 is 1.86. The Morgan fingerprint density at radius 3 is 2.48 bits per heavy atom. The summed E-state index contributed by atoms with van der Waals surface area (Å²) in [6, 6.07) is -0.885. The topological polar surface area (TPSA) is 96.3 Å². The van der Waals surface area contributed by atoms with Gasteiger partial charge in [0.2, 0.25) is 0 Å². The van der Waals surface area contributed by atoms with E-state index in [9.17, 15) is 9.59 Å². The van der Waals surface area contributed by atoms with Crippen molar-refractivity contribution in [3.05, 3.63) is 18.7 Å². The molecule has 0 aliphatic carbocycles. The number of carbonyl (C=O) groups is 2. The first-order valence-corrected chi connectivity index (χ1v) is 6.93. The molecule has 7 heteroatoms. The van der Waals surface area contributed by atoms with Gasteiger partial charge in [-0.15, -0.1) is 0 Å². The summed E-state index contributed by atoms with van der Waals surface area (Å²) in [6.07, 6.45) is 5.07. The molecule has 0 saturated heterocycles. The van der Waals surface area contributed by atoms with Crippen molar-refractivity contribution in [1.29, 1.82) is 0 Å². The zero-order valence-electron chi connectivity index (χ0n) is 13.0. The number of aromatic nitrogens is 2. The number of rotatable bonds is 6. The lowest BCUT2D eigenvalue weighted by Crippen LogP contribution is -2.51. The highest BCUT2D eigenvalue weighted by Gasteiger charge is 2.28. The summed E-state index contributed by atoms with van der Waals surface area (Å²) in [5, 5.41) is 14.5. The highest BCUT2D eigenvalue weighted by atomic mass is 16.4. The van der Waals surface area contributed by atoms with Crippen LogP contribution in [0.2, 0.25) is 0 Å². The standard InChI is InChI=1S/C14H24N4O3/c1-10(8-18-6-5-15-9-18)16-13(21)17-11(7-12(19)20)14(2,3)4/h5-6,9-11H,7-8H2,1-4H3,(H,19,20)(H2,16,17,21). The van der Waals surface area contributed by atoms with Crippen LogP contribution in [0, 0.1) is 5.41 Å². The minimum absolute atomic E-state index is 0.0929. The Balaban J connectivity index is 2.51. The van der Waals surface area contributed by atoms with Crippen LogP contribution in [0.4, 0.5) is 4.79 Å². The Hall–Kier alpha value is -2.05. The number of carboxylic acid groups (broad SMARTS) is 1. The van der Waals surface area contributed by atoms with Crippen LogP contribution in [-0.2, 0) is 11.3 Å². The number of carboxylic acids is 1. The van der Waals surface area contributed by atoms with Gasteiger partial charge in [0.25, 0.3) is 0 Å². The van der Waals surface area contributed by atoms with Crippen LogP contribution in [0.5, 0.6) is 0 Å². The summed E-state index contributed by atoms with van der Waals surface area (Å²) >= 11 is 0. The lowest BCUT2D eigenvalue weighted by Gasteiger charge is -2.30. The molecule has 1 heterocycles. The normalized spacial score (nSPS) is 14.3. The molecule has 2 amide bonds. The number of hydrogen-bond acceptors (Lipinski definition) is 3. The van der Waals surface area contributed by atoms with Crippen LogP contribution in [0.25, 0.3) is 0 Å². The number of amides is 2. The van der Waals surface area contributed by atoms with E-state index in [4.69, 9.17) is 5.11 Å². The molecule has 0 aromatic carbocycles. The highest BCUT2D eigenvalue weighted by molar-refractivity contribution is 5.76. The third-order valence-electron chi connectivity index (χ3n) is 3.15. The average Bonchev–Trinajstić information content (AvgIpc) is 2.78. The molecule has 118 valence electrons. The molecule has 0 radical (unpaired) electrons. The first-order valence-electron chi connectivity index (χ1n) is 6.93. The number of carbonyl (C=O) groups excluding carboxylic acids is 1. The molecule has 1 aromatic rings. The van der Waals surface area contributed by atoms with Gasteiger partial charge in [-0.1, -0.05) is 20.8 Å². The van der Waals surface area contributed by atoms with Crippen LogP contribution in [0.3, 0.4) is 0 Å². The van der Waals surface area contributed by atoms with Gasteiger partial charge in [0, 0.05) is 31.0 Å². The fraction of sp³-hybridized carbons (Fsp3) is 0.643. The molecule has 0 spiro atoms. The molecule has 0 aliphatic heterocycles. The van der Waals surface area contributed by atoms with E-state index in [1.54, 1.807) is 12.5 Å². The predicted octanol–water partition coefficient (Wildman–Crippen LogP) is 1.46. The quantitative estimate of drug-likeness (QED) is 0.740. The molecule has 1 rings (SSSR count). The summed E-state index contributed by atoms with van der Waals surface area (Å²) in [5.41, 5.74) is -0.330. The molecule has 1 aromatic heterocycles. The lowest BCUT2D eigenvalue weighted by molar-refractivity contribution is -0.138. The van der Waals surface area contributed by atoms with E-state index in [-0.39, 0.29) is 23.9 Å². The minimum Gasteiger partial charge on any atom is -0.481 e. The molecular weight excluding hydrogens is 272 g/mol. The van der Waals surface area contributed by atoms with E-state index >= 15 is 0 Å². The molecule has 0 saturated carbocycles. The van der Waals surface area contributed by atoms with Crippen molar-refractivity contribution in [2.45, 2.75) is 52.7 Å². The van der Waals surface area contributed by atoms with Crippen molar-refractivity contribution in [2.75, 3.05) is 0 Å². The Morgan fingerprint density at radius 2 is 2.00 bits per heavy atom. The van der Waals surface area contributed by atoms with Gasteiger partial charge in [-0.2, -0.15) is 0 Å². The molecule has 7 nitrogen and oxygen atoms in total. The van der Waals surface area contributed by atoms with Gasteiger partial charge in [0.1, 0.15) is 0 Å². The molecule has 2 atom stereocenters. The SMILES string of the molecule is CC(Cn1ccnc1)NC(=O)NC(CC(=O)O)C(C)(C)C. The summed E-state index contributed by atoms with van der Waals surface area (Å²) in [6.45, 7) is 8.18. The second-order valence-electron chi connectivity index (χ2n) is 6.29. The largest absolute Gasteiger partial charge is 0.481 e. The van der Waals surface area contributed by atoms with Crippen molar-refractivity contribution in [1.82, 2.24) is 20.2 Å². The second-order valence-corrected chi connectivity index (χ2v) is 6.29. The van der Waals surface area contributed by atoms with E-state index in [1.807, 2.05) is 38.5 Å². The van der Waals surface area contributed by atoms with Gasteiger partial charge < -0.3 is 20.3 Å². The van der Waals surface area contributed by atoms with E-state index < -0.39 is 12.0 Å². The van der Waals surface area contributed by atoms with Crippen molar-refractivity contribution in [2.24, 2.45) is 5.41 Å². The Kier molecular flexibility index (Phi) is 5.75. The van der Waals surface area contributed by atoms with Crippen LogP contribution in [0.1, 0.15) is 34.1 Å². The highest BCUT2D eigenvalue weighted by Crippen LogP contribution is 2.21. The first kappa shape index (κ1) is 17.0. The van der Waals surface area contributed by atoms with E-state index in [2.05, 4.69) is 15.6 Å². The Labute approximate surface area is 124 Å². The monoisotopic (exact) mass is 296 g/mol. The molecule has 0 aliphatic rings. The van der Waals surface area contributed by atoms with E-state index in [0.29, 0.717) is 6.54 Å². The Bertz CT molecular complexity index is 465. The average molecular weight is 296 g/mol. The smallest absolute Gasteiger partial charge is 0.315 e. The maximum absolute atomic E-state index is 12.0. The maximum atomic E-state index is 12.0. The first-order chi connectivity index (χ1) is 9.68. The van der Waals surface area contributed by atoms with E-state index in [1.165, 1.54) is 0 Å². The number of imidazole rings is 1. The van der Waals surface area contributed by atoms with Crippen LogP contribution in [-0.4, -0.2) is 38.7 Å². The fourth-order valence-electron chi connectivity index (χ4n) is 1.93. The summed E-state index contributed by atoms with van der Waals surface area (Å²) in [5.74, 6) is -0.929. The summed E-state index contributed by atoms with van der Waals surface area (Å²) in [4.78, 5) is 26.8. The third kappa shape index (κ3) is 6.29. The van der Waals surface area contributed by atoms with Gasteiger partial charge in [-0.3, -0.25) is 4.79 Å². The number of aliphatic carboxylic acids is 1. The van der Waals surface area contributed by atoms with Gasteiger partial charge in [-0.25, -0.2) is 9.78 Å². The number of nitrogens with zero attached hydrogens (tertiary/aromatic N) is 2. The molecule has 2 unspecified atom stereocenters. The van der Waals surface area contributed by atoms with Crippen molar-refractivity contribution >= 4 is 12.0 Å². The zero-order chi connectivity index (χ0) is 16.0. The van der Waals surface area contributed by atoms with Crippen LogP contribution in [0.15, 0.2) is 18.7 Å². The van der Waals surface area contributed by atoms with Gasteiger partial charge in [-0.05, 0) is 12.3 Å². The molecule has 21 heavy (non-hydrogen) atoms. The predicted molar refractivity (Wildman–Crippen MR) is 78.9 cm³/mol. The Morgan fingerprint density at radius 1 is 1.33 bits per heavy atom. The lowest BCUT2D eigenvalue weighted by atomic mass is 9.85. The van der Waals surface area contributed by atoms with Crippen molar-refractivity contribution in [3.63, 3.8) is 0 Å². The van der Waals surface area contributed by atoms with Crippen molar-refractivity contribution in [3.8, 4) is 0 Å². The number of urea groups is 1.